The molecule has 1 aliphatic heterocycles. The molecule has 12 heteroatoms. The molecule has 2 aromatic rings. The number of benzene rings is 1. The minimum Gasteiger partial charge on any atom is -0.333 e. The van der Waals surface area contributed by atoms with Gasteiger partial charge in [-0.05, 0) is 18.1 Å². The van der Waals surface area contributed by atoms with Crippen molar-refractivity contribution < 1.29 is 26.7 Å². The van der Waals surface area contributed by atoms with E-state index in [4.69, 9.17) is 5.73 Å². The Balaban J connectivity index is 0.00000280. The molecule has 0 aliphatic carbocycles. The van der Waals surface area contributed by atoms with Crippen LogP contribution in [0.15, 0.2) is 18.2 Å². The number of aromatic nitrogens is 3. The monoisotopic (exact) mass is 425 g/mol. The van der Waals surface area contributed by atoms with Gasteiger partial charge in [0.05, 0.1) is 6.54 Å². The van der Waals surface area contributed by atoms with Gasteiger partial charge in [-0.15, -0.1) is 22.6 Å². The molecule has 1 amide bonds. The molecule has 0 fully saturated rings. The molecule has 0 saturated heterocycles. The third-order valence-electron chi connectivity index (χ3n) is 4.29. The average molecular weight is 426 g/mol. The van der Waals surface area contributed by atoms with Crippen LogP contribution < -0.4 is 5.73 Å². The fourth-order valence-corrected chi connectivity index (χ4v) is 2.98. The summed E-state index contributed by atoms with van der Waals surface area (Å²) in [7, 11) is 0. The summed E-state index contributed by atoms with van der Waals surface area (Å²) in [4.78, 5) is 13.7. The van der Waals surface area contributed by atoms with Gasteiger partial charge in [-0.2, -0.15) is 13.2 Å². The number of nitrogens with zero attached hydrogens (tertiary/aromatic N) is 4. The highest BCUT2D eigenvalue weighted by molar-refractivity contribution is 5.85. The summed E-state index contributed by atoms with van der Waals surface area (Å²) >= 11 is 0. The maximum atomic E-state index is 13.7. The molecule has 0 saturated carbocycles. The molecule has 154 valence electrons. The summed E-state index contributed by atoms with van der Waals surface area (Å²) in [5.41, 5.74) is 6.07. The summed E-state index contributed by atoms with van der Waals surface area (Å²) in [6, 6.07) is 2.38. The van der Waals surface area contributed by atoms with Crippen molar-refractivity contribution in [1.82, 2.24) is 19.7 Å². The van der Waals surface area contributed by atoms with Crippen LogP contribution in [0.5, 0.6) is 0 Å². The lowest BCUT2D eigenvalue weighted by molar-refractivity contribution is -0.148. The van der Waals surface area contributed by atoms with Crippen LogP contribution >= 0.6 is 12.4 Å². The number of carbonyl (C=O) groups excluding carboxylic acids is 1. The second-order valence-corrected chi connectivity index (χ2v) is 6.31. The third kappa shape index (κ3) is 4.76. The van der Waals surface area contributed by atoms with Crippen LogP contribution in [0.3, 0.4) is 0 Å². The van der Waals surface area contributed by atoms with E-state index in [-0.39, 0.29) is 62.2 Å². The van der Waals surface area contributed by atoms with E-state index in [1.165, 1.54) is 11.0 Å². The molecule has 1 aromatic carbocycles. The third-order valence-corrected chi connectivity index (χ3v) is 4.29. The number of rotatable bonds is 4. The van der Waals surface area contributed by atoms with Gasteiger partial charge < -0.3 is 15.2 Å². The Morgan fingerprint density at radius 1 is 1.21 bits per heavy atom. The minimum absolute atomic E-state index is 0. The summed E-state index contributed by atoms with van der Waals surface area (Å²) in [5.74, 6) is -2.89. The van der Waals surface area contributed by atoms with Crippen LogP contribution in [0.25, 0.3) is 0 Å². The van der Waals surface area contributed by atoms with Gasteiger partial charge in [0.25, 0.3) is 0 Å². The van der Waals surface area contributed by atoms with Crippen molar-refractivity contribution in [3.05, 3.63) is 47.0 Å². The molecule has 3 rings (SSSR count). The second kappa shape index (κ2) is 8.39. The fraction of sp³-hybridized carbons (Fsp3) is 0.438. The number of nitrogens with two attached hydrogens (primary N) is 1. The summed E-state index contributed by atoms with van der Waals surface area (Å²) < 4.78 is 66.0. The lowest BCUT2D eigenvalue weighted by atomic mass is 10.0. The Kier molecular flexibility index (Phi) is 6.60. The smallest absolute Gasteiger partial charge is 0.333 e. The summed E-state index contributed by atoms with van der Waals surface area (Å²) in [5, 5.41) is 6.65. The molecule has 1 atom stereocenters. The maximum absolute atomic E-state index is 13.7. The first kappa shape index (κ1) is 22.0. The maximum Gasteiger partial charge on any atom is 0.451 e. The molecule has 1 aromatic heterocycles. The SMILES string of the molecule is Cl.N[C@@H](CC(=O)N1CCn2c(nnc2C(F)(F)F)C1)Cc1ccc(F)cc1F. The minimum atomic E-state index is -4.61. The number of alkyl halides is 3. The zero-order valence-electron chi connectivity index (χ0n) is 14.4. The van der Waals surface area contributed by atoms with Crippen LogP contribution in [0.4, 0.5) is 22.0 Å². The Bertz CT molecular complexity index is 856. The second-order valence-electron chi connectivity index (χ2n) is 6.31. The van der Waals surface area contributed by atoms with Crippen LogP contribution in [0.1, 0.15) is 23.6 Å². The zero-order chi connectivity index (χ0) is 19.8. The molecule has 0 bridgehead atoms. The number of halogens is 6. The molecule has 2 heterocycles. The highest BCUT2D eigenvalue weighted by Gasteiger charge is 2.39. The van der Waals surface area contributed by atoms with Crippen LogP contribution in [-0.2, 0) is 30.5 Å². The lowest BCUT2D eigenvalue weighted by Crippen LogP contribution is -2.42. The van der Waals surface area contributed by atoms with E-state index in [0.717, 1.165) is 16.7 Å². The Labute approximate surface area is 162 Å². The molecule has 28 heavy (non-hydrogen) atoms. The predicted octanol–water partition coefficient (Wildman–Crippen LogP) is 2.30. The topological polar surface area (TPSA) is 77.0 Å². The standard InChI is InChI=1S/C16H16F5N5O.ClH/c17-10-2-1-9(12(18)6-10)5-11(22)7-14(27)25-3-4-26-13(8-25)23-24-15(26)16(19,20)21;/h1-2,6,11H,3-5,7-8,22H2;1H/t11-;/m1./s1. The number of hydrogen-bond acceptors (Lipinski definition) is 4. The Morgan fingerprint density at radius 3 is 2.57 bits per heavy atom. The van der Waals surface area contributed by atoms with E-state index in [1.807, 2.05) is 0 Å². The average Bonchev–Trinajstić information content (AvgIpc) is 3.00. The van der Waals surface area contributed by atoms with Crippen molar-refractivity contribution in [3.63, 3.8) is 0 Å². The van der Waals surface area contributed by atoms with Crippen molar-refractivity contribution in [2.24, 2.45) is 5.73 Å². The van der Waals surface area contributed by atoms with Gasteiger partial charge in [-0.1, -0.05) is 6.07 Å². The zero-order valence-corrected chi connectivity index (χ0v) is 15.2. The van der Waals surface area contributed by atoms with Crippen molar-refractivity contribution in [2.75, 3.05) is 6.54 Å². The van der Waals surface area contributed by atoms with Gasteiger partial charge in [0.15, 0.2) is 5.82 Å². The van der Waals surface area contributed by atoms with E-state index < -0.39 is 29.7 Å². The quantitative estimate of drug-likeness (QED) is 0.763. The number of hydrogen-bond donors (Lipinski definition) is 1. The van der Waals surface area contributed by atoms with Gasteiger partial charge in [-0.25, -0.2) is 8.78 Å². The molecule has 0 spiro atoms. The predicted molar refractivity (Wildman–Crippen MR) is 90.3 cm³/mol. The van der Waals surface area contributed by atoms with Crippen molar-refractivity contribution in [3.8, 4) is 0 Å². The van der Waals surface area contributed by atoms with Crippen LogP contribution in [0, 0.1) is 11.6 Å². The van der Waals surface area contributed by atoms with Crippen LogP contribution in [0.2, 0.25) is 0 Å². The van der Waals surface area contributed by atoms with Gasteiger partial charge in [-0.3, -0.25) is 4.79 Å². The van der Waals surface area contributed by atoms with Crippen molar-refractivity contribution >= 4 is 18.3 Å². The number of fused-ring (bicyclic) bond motifs is 1. The largest absolute Gasteiger partial charge is 0.451 e. The highest BCUT2D eigenvalue weighted by Crippen LogP contribution is 2.29. The molecule has 6 nitrogen and oxygen atoms in total. The molecular formula is C16H17ClF5N5O. The van der Waals surface area contributed by atoms with E-state index in [2.05, 4.69) is 10.2 Å². The summed E-state index contributed by atoms with van der Waals surface area (Å²) in [6.07, 6.45) is -4.71. The molecule has 0 radical (unpaired) electrons. The van der Waals surface area contributed by atoms with E-state index >= 15 is 0 Å². The van der Waals surface area contributed by atoms with Crippen molar-refractivity contribution in [1.29, 1.82) is 0 Å². The van der Waals surface area contributed by atoms with Crippen LogP contribution in [-0.4, -0.2) is 38.2 Å². The Hall–Kier alpha value is -2.27. The number of amides is 1. The Morgan fingerprint density at radius 2 is 1.93 bits per heavy atom. The molecular weight excluding hydrogens is 409 g/mol. The van der Waals surface area contributed by atoms with Gasteiger partial charge in [0, 0.05) is 31.6 Å². The molecule has 1 aliphatic rings. The fourth-order valence-electron chi connectivity index (χ4n) is 2.98. The molecule has 0 unspecified atom stereocenters. The molecule has 2 N–H and O–H groups in total. The van der Waals surface area contributed by atoms with E-state index in [1.54, 1.807) is 0 Å². The van der Waals surface area contributed by atoms with Gasteiger partial charge >= 0.3 is 6.18 Å². The normalized spacial score (nSPS) is 15.0. The van der Waals surface area contributed by atoms with Gasteiger partial charge in [0.1, 0.15) is 11.6 Å². The first-order valence-electron chi connectivity index (χ1n) is 8.11. The number of carbonyl (C=O) groups is 1. The van der Waals surface area contributed by atoms with E-state index in [0.29, 0.717) is 0 Å². The first-order valence-corrected chi connectivity index (χ1v) is 8.11. The van der Waals surface area contributed by atoms with E-state index in [9.17, 15) is 26.7 Å². The lowest BCUT2D eigenvalue weighted by Gasteiger charge is -2.29. The van der Waals surface area contributed by atoms with Gasteiger partial charge in [0.2, 0.25) is 11.7 Å². The first-order chi connectivity index (χ1) is 12.6. The summed E-state index contributed by atoms with van der Waals surface area (Å²) in [6.45, 7) is -0.130. The highest BCUT2D eigenvalue weighted by atomic mass is 35.5. The van der Waals surface area contributed by atoms with Crippen molar-refractivity contribution in [2.45, 2.75) is 38.1 Å².